The smallest absolute Gasteiger partial charge is 0.320 e. The monoisotopic (exact) mass is 272 g/mol. The molecule has 0 aromatic heterocycles. The summed E-state index contributed by atoms with van der Waals surface area (Å²) in [5, 5.41) is 0. The SMILES string of the molecule is CCCCC(C(=O)OC(C)(C)C)C(=O)OC(C)(C)C. The second-order valence-electron chi connectivity index (χ2n) is 6.76. The molecule has 0 fully saturated rings. The number of carbonyl (C=O) groups excluding carboxylic acids is 2. The van der Waals surface area contributed by atoms with Gasteiger partial charge in [-0.3, -0.25) is 9.59 Å². The first kappa shape index (κ1) is 17.9. The van der Waals surface area contributed by atoms with Crippen LogP contribution in [-0.2, 0) is 19.1 Å². The van der Waals surface area contributed by atoms with Gasteiger partial charge >= 0.3 is 11.9 Å². The van der Waals surface area contributed by atoms with Crippen LogP contribution in [0.4, 0.5) is 0 Å². The third-order valence-corrected chi connectivity index (χ3v) is 2.23. The maximum atomic E-state index is 12.1. The quantitative estimate of drug-likeness (QED) is 0.568. The van der Waals surface area contributed by atoms with Gasteiger partial charge in [0.25, 0.3) is 0 Å². The lowest BCUT2D eigenvalue weighted by atomic mass is 10.0. The van der Waals surface area contributed by atoms with E-state index in [4.69, 9.17) is 9.47 Å². The molecular formula is C15H28O4. The lowest BCUT2D eigenvalue weighted by Crippen LogP contribution is -2.36. The summed E-state index contributed by atoms with van der Waals surface area (Å²) in [6.45, 7) is 12.7. The van der Waals surface area contributed by atoms with Crippen molar-refractivity contribution >= 4 is 11.9 Å². The first-order chi connectivity index (χ1) is 8.46. The van der Waals surface area contributed by atoms with Gasteiger partial charge in [-0.05, 0) is 48.0 Å². The molecule has 0 spiro atoms. The maximum Gasteiger partial charge on any atom is 0.320 e. The summed E-state index contributed by atoms with van der Waals surface area (Å²) in [5.41, 5.74) is -1.19. The Bertz CT molecular complexity index is 279. The first-order valence-corrected chi connectivity index (χ1v) is 6.92. The molecule has 0 unspecified atom stereocenters. The van der Waals surface area contributed by atoms with Crippen LogP contribution in [0.2, 0.25) is 0 Å². The van der Waals surface area contributed by atoms with Crippen LogP contribution in [-0.4, -0.2) is 23.1 Å². The highest BCUT2D eigenvalue weighted by Crippen LogP contribution is 2.20. The fourth-order valence-corrected chi connectivity index (χ4v) is 1.49. The van der Waals surface area contributed by atoms with Crippen LogP contribution in [0.25, 0.3) is 0 Å². The van der Waals surface area contributed by atoms with Crippen molar-refractivity contribution in [3.05, 3.63) is 0 Å². The maximum absolute atomic E-state index is 12.1. The van der Waals surface area contributed by atoms with Crippen LogP contribution < -0.4 is 0 Å². The molecule has 112 valence electrons. The Labute approximate surface area is 116 Å². The number of hydrogen-bond acceptors (Lipinski definition) is 4. The molecule has 4 heteroatoms. The standard InChI is InChI=1S/C15H28O4/c1-8-9-10-11(12(16)18-14(2,3)4)13(17)19-15(5,6)7/h11H,8-10H2,1-7H3. The number of unbranched alkanes of at least 4 members (excludes halogenated alkanes) is 1. The highest BCUT2D eigenvalue weighted by molar-refractivity contribution is 5.95. The van der Waals surface area contributed by atoms with Gasteiger partial charge in [0, 0.05) is 0 Å². The molecule has 0 rings (SSSR count). The fraction of sp³-hybridized carbons (Fsp3) is 0.867. The van der Waals surface area contributed by atoms with Gasteiger partial charge in [0.05, 0.1) is 0 Å². The molecule has 0 radical (unpaired) electrons. The summed E-state index contributed by atoms with van der Waals surface area (Å²) in [5.74, 6) is -1.80. The Morgan fingerprint density at radius 1 is 0.895 bits per heavy atom. The first-order valence-electron chi connectivity index (χ1n) is 6.92. The average Bonchev–Trinajstić information content (AvgIpc) is 2.12. The minimum absolute atomic E-state index is 0.473. The molecule has 0 heterocycles. The molecule has 0 bridgehead atoms. The van der Waals surface area contributed by atoms with E-state index in [0.717, 1.165) is 12.8 Å². The van der Waals surface area contributed by atoms with Gasteiger partial charge in [-0.2, -0.15) is 0 Å². The van der Waals surface area contributed by atoms with Gasteiger partial charge in [0.1, 0.15) is 11.2 Å². The average molecular weight is 272 g/mol. The minimum atomic E-state index is -0.821. The molecule has 19 heavy (non-hydrogen) atoms. The third-order valence-electron chi connectivity index (χ3n) is 2.23. The van der Waals surface area contributed by atoms with E-state index in [-0.39, 0.29) is 0 Å². The van der Waals surface area contributed by atoms with Crippen molar-refractivity contribution in [2.45, 2.75) is 78.9 Å². The van der Waals surface area contributed by atoms with Crippen molar-refractivity contribution in [1.82, 2.24) is 0 Å². The largest absolute Gasteiger partial charge is 0.459 e. The molecule has 0 aliphatic rings. The zero-order valence-corrected chi connectivity index (χ0v) is 13.3. The molecule has 0 saturated heterocycles. The summed E-state index contributed by atoms with van der Waals surface area (Å²) in [7, 11) is 0. The zero-order valence-electron chi connectivity index (χ0n) is 13.3. The van der Waals surface area contributed by atoms with E-state index in [0.29, 0.717) is 6.42 Å². The van der Waals surface area contributed by atoms with Crippen molar-refractivity contribution in [2.24, 2.45) is 5.92 Å². The second-order valence-corrected chi connectivity index (χ2v) is 6.76. The molecule has 0 aliphatic carbocycles. The minimum Gasteiger partial charge on any atom is -0.459 e. The summed E-state index contributed by atoms with van der Waals surface area (Å²) in [6, 6.07) is 0. The number of rotatable bonds is 5. The Balaban J connectivity index is 4.80. The van der Waals surface area contributed by atoms with E-state index in [1.54, 1.807) is 41.5 Å². The van der Waals surface area contributed by atoms with E-state index in [2.05, 4.69) is 0 Å². The highest BCUT2D eigenvalue weighted by Gasteiger charge is 2.34. The number of hydrogen-bond donors (Lipinski definition) is 0. The third kappa shape index (κ3) is 8.62. The fourth-order valence-electron chi connectivity index (χ4n) is 1.49. The van der Waals surface area contributed by atoms with Crippen LogP contribution in [0, 0.1) is 5.92 Å². The van der Waals surface area contributed by atoms with Gasteiger partial charge < -0.3 is 9.47 Å². The zero-order chi connectivity index (χ0) is 15.3. The lowest BCUT2D eigenvalue weighted by Gasteiger charge is -2.26. The molecule has 4 nitrogen and oxygen atoms in total. The van der Waals surface area contributed by atoms with Gasteiger partial charge in [-0.25, -0.2) is 0 Å². The van der Waals surface area contributed by atoms with Gasteiger partial charge in [-0.15, -0.1) is 0 Å². The number of esters is 2. The van der Waals surface area contributed by atoms with Crippen LogP contribution in [0.15, 0.2) is 0 Å². The normalized spacial score (nSPS) is 12.4. The topological polar surface area (TPSA) is 52.6 Å². The van der Waals surface area contributed by atoms with Crippen molar-refractivity contribution in [2.75, 3.05) is 0 Å². The van der Waals surface area contributed by atoms with Gasteiger partial charge in [-0.1, -0.05) is 19.8 Å². The van der Waals surface area contributed by atoms with Crippen LogP contribution in [0.1, 0.15) is 67.7 Å². The van der Waals surface area contributed by atoms with Crippen LogP contribution >= 0.6 is 0 Å². The molecule has 0 amide bonds. The molecule has 0 aromatic rings. The van der Waals surface area contributed by atoms with Gasteiger partial charge in [0.2, 0.25) is 0 Å². The van der Waals surface area contributed by atoms with Crippen molar-refractivity contribution in [1.29, 1.82) is 0 Å². The number of ether oxygens (including phenoxy) is 2. The van der Waals surface area contributed by atoms with E-state index < -0.39 is 29.1 Å². The molecule has 0 N–H and O–H groups in total. The van der Waals surface area contributed by atoms with Crippen LogP contribution in [0.5, 0.6) is 0 Å². The summed E-state index contributed by atoms with van der Waals surface area (Å²) < 4.78 is 10.6. The van der Waals surface area contributed by atoms with E-state index in [1.165, 1.54) is 0 Å². The summed E-state index contributed by atoms with van der Waals surface area (Å²) in [4.78, 5) is 24.1. The van der Waals surface area contributed by atoms with E-state index >= 15 is 0 Å². The summed E-state index contributed by atoms with van der Waals surface area (Å²) in [6.07, 6.45) is 2.19. The molecule has 0 saturated carbocycles. The Kier molecular flexibility index (Phi) is 6.53. The second kappa shape index (κ2) is 6.92. The Hall–Kier alpha value is -1.06. The summed E-state index contributed by atoms with van der Waals surface area (Å²) >= 11 is 0. The molecule has 0 aliphatic heterocycles. The highest BCUT2D eigenvalue weighted by atomic mass is 16.6. The predicted octanol–water partition coefficient (Wildman–Crippen LogP) is 3.48. The van der Waals surface area contributed by atoms with E-state index in [1.807, 2.05) is 6.92 Å². The number of carbonyl (C=O) groups is 2. The van der Waals surface area contributed by atoms with Gasteiger partial charge in [0.15, 0.2) is 5.92 Å². The Morgan fingerprint density at radius 3 is 1.53 bits per heavy atom. The predicted molar refractivity (Wildman–Crippen MR) is 74.7 cm³/mol. The Morgan fingerprint density at radius 2 is 1.26 bits per heavy atom. The molecular weight excluding hydrogens is 244 g/mol. The molecule has 0 atom stereocenters. The van der Waals surface area contributed by atoms with Crippen molar-refractivity contribution in [3.8, 4) is 0 Å². The van der Waals surface area contributed by atoms with Crippen molar-refractivity contribution < 1.29 is 19.1 Å². The lowest BCUT2D eigenvalue weighted by molar-refractivity contribution is -0.174. The van der Waals surface area contributed by atoms with Crippen molar-refractivity contribution in [3.63, 3.8) is 0 Å². The molecule has 0 aromatic carbocycles. The van der Waals surface area contributed by atoms with Crippen LogP contribution in [0.3, 0.4) is 0 Å². The van der Waals surface area contributed by atoms with E-state index in [9.17, 15) is 9.59 Å².